The molecule has 3 aliphatic carbocycles. The minimum atomic E-state index is 0.525. The van der Waals surface area contributed by atoms with Gasteiger partial charge in [0.15, 0.2) is 0 Å². The predicted octanol–water partition coefficient (Wildman–Crippen LogP) is 1.77. The molecule has 3 rings (SSSR count). The number of rotatable bonds is 0. The summed E-state index contributed by atoms with van der Waals surface area (Å²) in [5, 5.41) is 0. The number of hydrogen-bond donors (Lipinski definition) is 1. The van der Waals surface area contributed by atoms with Gasteiger partial charge in [-0.25, -0.2) is 0 Å². The lowest BCUT2D eigenvalue weighted by Gasteiger charge is -2.43. The summed E-state index contributed by atoms with van der Waals surface area (Å²) >= 11 is 0. The smallest absolute Gasteiger partial charge is 0.00758 e. The maximum absolute atomic E-state index is 5.95. The van der Waals surface area contributed by atoms with E-state index in [0.29, 0.717) is 6.04 Å². The molecular formula is C10H17N. The predicted molar refractivity (Wildman–Crippen MR) is 45.0 cm³/mol. The first-order valence-electron chi connectivity index (χ1n) is 4.91. The van der Waals surface area contributed by atoms with E-state index < -0.39 is 0 Å². The summed E-state index contributed by atoms with van der Waals surface area (Å²) in [6.07, 6.45) is 4.34. The van der Waals surface area contributed by atoms with Crippen molar-refractivity contribution in [3.05, 3.63) is 0 Å². The van der Waals surface area contributed by atoms with E-state index in [2.05, 4.69) is 13.8 Å². The Morgan fingerprint density at radius 1 is 1.27 bits per heavy atom. The molecule has 0 radical (unpaired) electrons. The van der Waals surface area contributed by atoms with Crippen LogP contribution in [0.5, 0.6) is 0 Å². The quantitative estimate of drug-likeness (QED) is 0.561. The van der Waals surface area contributed by atoms with Crippen LogP contribution in [-0.2, 0) is 0 Å². The van der Waals surface area contributed by atoms with Crippen LogP contribution >= 0.6 is 0 Å². The highest BCUT2D eigenvalue weighted by molar-refractivity contribution is 5.33. The molecule has 4 unspecified atom stereocenters. The van der Waals surface area contributed by atoms with Crippen LogP contribution in [0, 0.1) is 22.7 Å². The highest BCUT2D eigenvalue weighted by Gasteiger charge is 2.84. The molecule has 0 aromatic rings. The Hall–Kier alpha value is -0.0400. The Balaban J connectivity index is 1.90. The fraction of sp³-hybridized carbons (Fsp3) is 1.00. The van der Waals surface area contributed by atoms with Crippen molar-refractivity contribution < 1.29 is 0 Å². The number of fused-ring (bicyclic) bond motifs is 1. The molecule has 0 saturated heterocycles. The molecule has 11 heavy (non-hydrogen) atoms. The standard InChI is InChI=1S/C10H17N/c1-6-8(11)5-10(6)7(2)9(10)3-4-9/h6-8H,3-5,11H2,1-2H3. The summed E-state index contributed by atoms with van der Waals surface area (Å²) < 4.78 is 0. The van der Waals surface area contributed by atoms with Gasteiger partial charge in [0.05, 0.1) is 0 Å². The summed E-state index contributed by atoms with van der Waals surface area (Å²) in [6, 6.07) is 0.525. The van der Waals surface area contributed by atoms with Crippen LogP contribution < -0.4 is 5.73 Å². The summed E-state index contributed by atoms with van der Waals surface area (Å²) in [6.45, 7) is 4.80. The van der Waals surface area contributed by atoms with Crippen molar-refractivity contribution in [3.8, 4) is 0 Å². The van der Waals surface area contributed by atoms with E-state index in [1.807, 2.05) is 0 Å². The van der Waals surface area contributed by atoms with E-state index in [1.54, 1.807) is 0 Å². The average molecular weight is 151 g/mol. The van der Waals surface area contributed by atoms with E-state index >= 15 is 0 Å². The van der Waals surface area contributed by atoms with Gasteiger partial charge in [0, 0.05) is 6.04 Å². The molecular weight excluding hydrogens is 134 g/mol. The van der Waals surface area contributed by atoms with Gasteiger partial charge in [-0.15, -0.1) is 0 Å². The largest absolute Gasteiger partial charge is 0.327 e. The van der Waals surface area contributed by atoms with Crippen molar-refractivity contribution in [1.82, 2.24) is 0 Å². The van der Waals surface area contributed by atoms with E-state index in [-0.39, 0.29) is 0 Å². The van der Waals surface area contributed by atoms with Crippen LogP contribution in [0.2, 0.25) is 0 Å². The Morgan fingerprint density at radius 3 is 2.18 bits per heavy atom. The molecule has 3 saturated carbocycles. The molecule has 0 bridgehead atoms. The monoisotopic (exact) mass is 151 g/mol. The van der Waals surface area contributed by atoms with Gasteiger partial charge in [0.2, 0.25) is 0 Å². The van der Waals surface area contributed by atoms with Crippen molar-refractivity contribution in [2.75, 3.05) is 0 Å². The summed E-state index contributed by atoms with van der Waals surface area (Å²) in [4.78, 5) is 0. The van der Waals surface area contributed by atoms with Gasteiger partial charge in [-0.2, -0.15) is 0 Å². The van der Waals surface area contributed by atoms with E-state index in [0.717, 1.165) is 22.7 Å². The molecule has 0 aromatic heterocycles. The first kappa shape index (κ1) is 6.47. The fourth-order valence-corrected chi connectivity index (χ4v) is 4.16. The Morgan fingerprint density at radius 2 is 1.91 bits per heavy atom. The molecule has 2 spiro atoms. The molecule has 62 valence electrons. The third-order valence-electron chi connectivity index (χ3n) is 5.26. The number of nitrogens with two attached hydrogens (primary N) is 1. The summed E-state index contributed by atoms with van der Waals surface area (Å²) in [5.41, 5.74) is 7.51. The van der Waals surface area contributed by atoms with Gasteiger partial charge in [-0.05, 0) is 41.9 Å². The summed E-state index contributed by atoms with van der Waals surface area (Å²) in [5.74, 6) is 1.82. The lowest BCUT2D eigenvalue weighted by Crippen LogP contribution is -2.49. The third kappa shape index (κ3) is 0.416. The first-order chi connectivity index (χ1) is 5.15. The van der Waals surface area contributed by atoms with Crippen LogP contribution in [0.15, 0.2) is 0 Å². The molecule has 2 N–H and O–H groups in total. The second-order valence-corrected chi connectivity index (χ2v) is 5.07. The lowest BCUT2D eigenvalue weighted by atomic mass is 9.64. The van der Waals surface area contributed by atoms with Crippen LogP contribution in [-0.4, -0.2) is 6.04 Å². The fourth-order valence-electron chi connectivity index (χ4n) is 4.16. The minimum absolute atomic E-state index is 0.525. The first-order valence-corrected chi connectivity index (χ1v) is 4.91. The van der Waals surface area contributed by atoms with Crippen molar-refractivity contribution in [2.24, 2.45) is 28.4 Å². The highest BCUT2D eigenvalue weighted by atomic mass is 14.9. The van der Waals surface area contributed by atoms with Gasteiger partial charge in [-0.1, -0.05) is 13.8 Å². The average Bonchev–Trinajstić information content (AvgIpc) is 2.85. The minimum Gasteiger partial charge on any atom is -0.327 e. The maximum atomic E-state index is 5.95. The zero-order chi connectivity index (χ0) is 7.85. The molecule has 4 atom stereocenters. The van der Waals surface area contributed by atoms with Gasteiger partial charge in [-0.3, -0.25) is 0 Å². The second kappa shape index (κ2) is 1.39. The highest BCUT2D eigenvalue weighted by Crippen LogP contribution is 2.89. The van der Waals surface area contributed by atoms with Crippen LogP contribution in [0.3, 0.4) is 0 Å². The van der Waals surface area contributed by atoms with Gasteiger partial charge >= 0.3 is 0 Å². The zero-order valence-electron chi connectivity index (χ0n) is 7.43. The molecule has 1 nitrogen and oxygen atoms in total. The molecule has 1 heteroatoms. The Bertz CT molecular complexity index is 219. The second-order valence-electron chi connectivity index (χ2n) is 5.07. The zero-order valence-corrected chi connectivity index (χ0v) is 7.43. The third-order valence-corrected chi connectivity index (χ3v) is 5.26. The molecule has 0 amide bonds. The Labute approximate surface area is 68.3 Å². The topological polar surface area (TPSA) is 26.0 Å². The normalized spacial score (nSPS) is 63.0. The SMILES string of the molecule is CC1C(N)CC12C(C)C21CC1. The van der Waals surface area contributed by atoms with Gasteiger partial charge < -0.3 is 5.73 Å². The van der Waals surface area contributed by atoms with Crippen molar-refractivity contribution in [2.45, 2.75) is 39.2 Å². The molecule has 3 aliphatic rings. The van der Waals surface area contributed by atoms with Crippen LogP contribution in [0.1, 0.15) is 33.1 Å². The molecule has 0 aromatic carbocycles. The van der Waals surface area contributed by atoms with Crippen molar-refractivity contribution in [1.29, 1.82) is 0 Å². The summed E-state index contributed by atoms with van der Waals surface area (Å²) in [7, 11) is 0. The Kier molecular flexibility index (Phi) is 0.820. The van der Waals surface area contributed by atoms with Crippen molar-refractivity contribution in [3.63, 3.8) is 0 Å². The van der Waals surface area contributed by atoms with Gasteiger partial charge in [0.1, 0.15) is 0 Å². The molecule has 3 fully saturated rings. The maximum Gasteiger partial charge on any atom is 0.00758 e. The molecule has 0 heterocycles. The van der Waals surface area contributed by atoms with E-state index in [4.69, 9.17) is 5.73 Å². The van der Waals surface area contributed by atoms with Gasteiger partial charge in [0.25, 0.3) is 0 Å². The van der Waals surface area contributed by atoms with E-state index in [9.17, 15) is 0 Å². The van der Waals surface area contributed by atoms with Crippen LogP contribution in [0.25, 0.3) is 0 Å². The lowest BCUT2D eigenvalue weighted by molar-refractivity contribution is 0.0934. The van der Waals surface area contributed by atoms with Crippen LogP contribution in [0.4, 0.5) is 0 Å². The van der Waals surface area contributed by atoms with E-state index in [1.165, 1.54) is 19.3 Å². The number of hydrogen-bond acceptors (Lipinski definition) is 1. The molecule has 0 aliphatic heterocycles. The van der Waals surface area contributed by atoms with Crippen molar-refractivity contribution >= 4 is 0 Å².